The smallest absolute Gasteiger partial charge is 0.251 e. The van der Waals surface area contributed by atoms with Crippen LogP contribution in [0.25, 0.3) is 0 Å². The Hall–Kier alpha value is -1.42. The number of aliphatic hydroxyl groups excluding tert-OH is 1. The monoisotopic (exact) mass is 236 g/mol. The average Bonchev–Trinajstić information content (AvgIpc) is 2.27. The molecule has 0 saturated heterocycles. The van der Waals surface area contributed by atoms with Gasteiger partial charge in [-0.3, -0.25) is 9.78 Å². The van der Waals surface area contributed by atoms with Gasteiger partial charge in [0.25, 0.3) is 5.91 Å². The van der Waals surface area contributed by atoms with Gasteiger partial charge in [-0.25, -0.2) is 0 Å². The second-order valence-electron chi connectivity index (χ2n) is 5.26. The van der Waals surface area contributed by atoms with Crippen LogP contribution in [0.2, 0.25) is 0 Å². The lowest BCUT2D eigenvalue weighted by molar-refractivity contribution is 0.0949. The van der Waals surface area contributed by atoms with Crippen molar-refractivity contribution in [1.29, 1.82) is 0 Å². The first kappa shape index (κ1) is 13.6. The highest BCUT2D eigenvalue weighted by Crippen LogP contribution is 2.17. The summed E-state index contributed by atoms with van der Waals surface area (Å²) >= 11 is 0. The Morgan fingerprint density at radius 2 is 2.18 bits per heavy atom. The molecule has 1 heterocycles. The van der Waals surface area contributed by atoms with Gasteiger partial charge >= 0.3 is 0 Å². The molecule has 4 heteroatoms. The van der Waals surface area contributed by atoms with E-state index in [1.54, 1.807) is 12.1 Å². The third kappa shape index (κ3) is 4.95. The van der Waals surface area contributed by atoms with E-state index in [4.69, 9.17) is 5.11 Å². The molecule has 0 aliphatic carbocycles. The summed E-state index contributed by atoms with van der Waals surface area (Å²) in [7, 11) is 0. The van der Waals surface area contributed by atoms with E-state index in [0.717, 1.165) is 6.42 Å². The molecule has 1 aromatic rings. The first-order valence-electron chi connectivity index (χ1n) is 5.76. The molecule has 94 valence electrons. The maximum absolute atomic E-state index is 11.8. The minimum Gasteiger partial charge on any atom is -0.390 e. The van der Waals surface area contributed by atoms with Crippen LogP contribution in [0.3, 0.4) is 0 Å². The minimum absolute atomic E-state index is 0.119. The topological polar surface area (TPSA) is 62.2 Å². The lowest BCUT2D eigenvalue weighted by Gasteiger charge is -2.18. The lowest BCUT2D eigenvalue weighted by atomic mass is 9.92. The Bertz CT molecular complexity index is 383. The summed E-state index contributed by atoms with van der Waals surface area (Å²) in [5.74, 6) is -0.119. The number of nitrogens with one attached hydrogen (secondary N) is 1. The average molecular weight is 236 g/mol. The fourth-order valence-electron chi connectivity index (χ4n) is 1.36. The van der Waals surface area contributed by atoms with Gasteiger partial charge in [0.1, 0.15) is 0 Å². The number of pyridine rings is 1. The normalized spacial score (nSPS) is 11.3. The minimum atomic E-state index is -0.150. The van der Waals surface area contributed by atoms with Crippen molar-refractivity contribution >= 4 is 5.91 Å². The molecule has 0 saturated carbocycles. The zero-order valence-electron chi connectivity index (χ0n) is 10.7. The number of carbonyl (C=O) groups excluding carboxylic acids is 1. The zero-order valence-corrected chi connectivity index (χ0v) is 10.7. The molecule has 0 aliphatic rings. The fourth-order valence-corrected chi connectivity index (χ4v) is 1.36. The van der Waals surface area contributed by atoms with E-state index in [2.05, 4.69) is 31.1 Å². The molecule has 0 spiro atoms. The number of hydrogen-bond acceptors (Lipinski definition) is 3. The number of aliphatic hydroxyl groups is 1. The Balaban J connectivity index is 2.52. The summed E-state index contributed by atoms with van der Waals surface area (Å²) in [5.41, 5.74) is 1.26. The van der Waals surface area contributed by atoms with Crippen LogP contribution in [0.5, 0.6) is 0 Å². The van der Waals surface area contributed by atoms with Gasteiger partial charge < -0.3 is 10.4 Å². The molecule has 0 radical (unpaired) electrons. The highest BCUT2D eigenvalue weighted by atomic mass is 16.3. The van der Waals surface area contributed by atoms with Crippen molar-refractivity contribution in [3.63, 3.8) is 0 Å². The van der Waals surface area contributed by atoms with Crippen LogP contribution in [0.15, 0.2) is 18.3 Å². The maximum Gasteiger partial charge on any atom is 0.251 e. The van der Waals surface area contributed by atoms with Crippen molar-refractivity contribution in [3.05, 3.63) is 29.6 Å². The quantitative estimate of drug-likeness (QED) is 0.837. The van der Waals surface area contributed by atoms with E-state index in [-0.39, 0.29) is 17.9 Å². The molecule has 0 fully saturated rings. The summed E-state index contributed by atoms with van der Waals surface area (Å²) in [6.45, 7) is 6.91. The van der Waals surface area contributed by atoms with E-state index >= 15 is 0 Å². The van der Waals surface area contributed by atoms with Gasteiger partial charge in [0.05, 0.1) is 12.3 Å². The highest BCUT2D eigenvalue weighted by molar-refractivity contribution is 5.94. The molecule has 0 unspecified atom stereocenters. The largest absolute Gasteiger partial charge is 0.390 e. The van der Waals surface area contributed by atoms with Crippen LogP contribution in [0, 0.1) is 5.41 Å². The molecule has 1 aromatic heterocycles. The van der Waals surface area contributed by atoms with Crippen molar-refractivity contribution in [2.24, 2.45) is 5.41 Å². The van der Waals surface area contributed by atoms with Crippen LogP contribution in [0.1, 0.15) is 43.2 Å². The first-order valence-corrected chi connectivity index (χ1v) is 5.76. The van der Waals surface area contributed by atoms with Gasteiger partial charge in [-0.05, 0) is 24.0 Å². The number of carbonyl (C=O) groups is 1. The summed E-state index contributed by atoms with van der Waals surface area (Å²) in [6.07, 6.45) is 2.46. The molecule has 17 heavy (non-hydrogen) atoms. The van der Waals surface area contributed by atoms with Crippen LogP contribution in [-0.2, 0) is 6.61 Å². The van der Waals surface area contributed by atoms with E-state index < -0.39 is 0 Å². The number of aromatic nitrogens is 1. The Labute approximate surface area is 102 Å². The first-order chi connectivity index (χ1) is 7.92. The number of hydrogen-bond donors (Lipinski definition) is 2. The van der Waals surface area contributed by atoms with Crippen molar-refractivity contribution in [2.75, 3.05) is 6.54 Å². The summed E-state index contributed by atoms with van der Waals surface area (Å²) in [5, 5.41) is 11.8. The van der Waals surface area contributed by atoms with Gasteiger partial charge in [-0.15, -0.1) is 0 Å². The second-order valence-corrected chi connectivity index (χ2v) is 5.26. The summed E-state index contributed by atoms with van der Waals surface area (Å²) in [4.78, 5) is 15.7. The molecule has 0 aliphatic heterocycles. The van der Waals surface area contributed by atoms with Crippen LogP contribution >= 0.6 is 0 Å². The SMILES string of the molecule is CC(C)(C)CCNC(=O)c1ccnc(CO)c1. The van der Waals surface area contributed by atoms with Gasteiger partial charge in [-0.2, -0.15) is 0 Å². The third-order valence-electron chi connectivity index (χ3n) is 2.40. The zero-order chi connectivity index (χ0) is 12.9. The Kier molecular flexibility index (Phi) is 4.63. The standard InChI is InChI=1S/C13H20N2O2/c1-13(2,3)5-7-15-12(17)10-4-6-14-11(8-10)9-16/h4,6,8,16H,5,7,9H2,1-3H3,(H,15,17). The van der Waals surface area contributed by atoms with Crippen LogP contribution in [0.4, 0.5) is 0 Å². The van der Waals surface area contributed by atoms with E-state index in [9.17, 15) is 4.79 Å². The number of amides is 1. The molecule has 0 aromatic carbocycles. The van der Waals surface area contributed by atoms with Gasteiger partial charge in [0.15, 0.2) is 0 Å². The Morgan fingerprint density at radius 3 is 2.76 bits per heavy atom. The molecule has 2 N–H and O–H groups in total. The van der Waals surface area contributed by atoms with Crippen molar-refractivity contribution < 1.29 is 9.90 Å². The molecule has 0 atom stereocenters. The van der Waals surface area contributed by atoms with Crippen LogP contribution in [-0.4, -0.2) is 22.5 Å². The Morgan fingerprint density at radius 1 is 1.47 bits per heavy atom. The predicted molar refractivity (Wildman–Crippen MR) is 66.6 cm³/mol. The highest BCUT2D eigenvalue weighted by Gasteiger charge is 2.11. The fraction of sp³-hybridized carbons (Fsp3) is 0.538. The van der Waals surface area contributed by atoms with Crippen molar-refractivity contribution in [3.8, 4) is 0 Å². The van der Waals surface area contributed by atoms with Gasteiger partial charge in [-0.1, -0.05) is 20.8 Å². The molecule has 1 rings (SSSR count). The second kappa shape index (κ2) is 5.77. The maximum atomic E-state index is 11.8. The van der Waals surface area contributed by atoms with Gasteiger partial charge in [0, 0.05) is 18.3 Å². The molecule has 4 nitrogen and oxygen atoms in total. The third-order valence-corrected chi connectivity index (χ3v) is 2.40. The molecule has 1 amide bonds. The van der Waals surface area contributed by atoms with Crippen LogP contribution < -0.4 is 5.32 Å². The predicted octanol–water partition coefficient (Wildman–Crippen LogP) is 1.74. The van der Waals surface area contributed by atoms with Crippen molar-refractivity contribution in [2.45, 2.75) is 33.8 Å². The number of nitrogens with zero attached hydrogens (tertiary/aromatic N) is 1. The molecule has 0 bridgehead atoms. The molecular formula is C13H20N2O2. The lowest BCUT2D eigenvalue weighted by Crippen LogP contribution is -2.27. The van der Waals surface area contributed by atoms with E-state index in [0.29, 0.717) is 17.8 Å². The molecular weight excluding hydrogens is 216 g/mol. The van der Waals surface area contributed by atoms with Gasteiger partial charge in [0.2, 0.25) is 0 Å². The summed E-state index contributed by atoms with van der Waals surface area (Å²) in [6, 6.07) is 3.25. The number of rotatable bonds is 4. The van der Waals surface area contributed by atoms with Crippen molar-refractivity contribution in [1.82, 2.24) is 10.3 Å². The van der Waals surface area contributed by atoms with E-state index in [1.807, 2.05) is 0 Å². The summed E-state index contributed by atoms with van der Waals surface area (Å²) < 4.78 is 0. The van der Waals surface area contributed by atoms with E-state index in [1.165, 1.54) is 6.20 Å².